The van der Waals surface area contributed by atoms with E-state index in [4.69, 9.17) is 9.47 Å². The Morgan fingerprint density at radius 3 is 2.71 bits per heavy atom. The van der Waals surface area contributed by atoms with Gasteiger partial charge in [0.15, 0.2) is 11.5 Å². The molecule has 1 aromatic heterocycles. The van der Waals surface area contributed by atoms with Crippen molar-refractivity contribution in [2.45, 2.75) is 33.8 Å². The number of fused-ring (bicyclic) bond motifs is 1. The van der Waals surface area contributed by atoms with E-state index in [0.29, 0.717) is 34.8 Å². The van der Waals surface area contributed by atoms with Gasteiger partial charge in [0.25, 0.3) is 5.56 Å². The van der Waals surface area contributed by atoms with Crippen molar-refractivity contribution in [3.8, 4) is 11.5 Å². The van der Waals surface area contributed by atoms with Crippen LogP contribution in [0.2, 0.25) is 0 Å². The van der Waals surface area contributed by atoms with E-state index in [9.17, 15) is 4.79 Å². The summed E-state index contributed by atoms with van der Waals surface area (Å²) in [6, 6.07) is 11.0. The highest BCUT2D eigenvalue weighted by Crippen LogP contribution is 2.29. The molecule has 2 aromatic carbocycles. The van der Waals surface area contributed by atoms with Crippen LogP contribution in [0.1, 0.15) is 32.2 Å². The van der Waals surface area contributed by atoms with Gasteiger partial charge in [-0.2, -0.15) is 9.78 Å². The third kappa shape index (κ3) is 4.42. The van der Waals surface area contributed by atoms with Crippen LogP contribution in [0.4, 0.5) is 0 Å². The minimum absolute atomic E-state index is 0.0444. The molecule has 0 aliphatic carbocycles. The van der Waals surface area contributed by atoms with Crippen LogP contribution in [0.25, 0.3) is 10.9 Å². The number of benzene rings is 2. The van der Waals surface area contributed by atoms with E-state index in [1.165, 1.54) is 4.68 Å². The Bertz CT molecular complexity index is 1090. The molecule has 3 rings (SSSR count). The summed E-state index contributed by atoms with van der Waals surface area (Å²) in [5.41, 5.74) is 1.22. The van der Waals surface area contributed by atoms with Crippen LogP contribution in [0, 0.1) is 6.92 Å². The molecule has 0 saturated carbocycles. The maximum absolute atomic E-state index is 12.8. The first-order valence-electron chi connectivity index (χ1n) is 9.05. The van der Waals surface area contributed by atoms with Gasteiger partial charge in [0.2, 0.25) is 0 Å². The van der Waals surface area contributed by atoms with Crippen molar-refractivity contribution in [3.63, 3.8) is 0 Å². The average molecular weight is 444 g/mol. The van der Waals surface area contributed by atoms with Gasteiger partial charge >= 0.3 is 0 Å². The first-order valence-corrected chi connectivity index (χ1v) is 9.85. The highest BCUT2D eigenvalue weighted by Gasteiger charge is 2.09. The zero-order chi connectivity index (χ0) is 20.3. The predicted molar refractivity (Wildman–Crippen MR) is 115 cm³/mol. The summed E-state index contributed by atoms with van der Waals surface area (Å²) in [5.74, 6) is 1.84. The molecule has 7 heteroatoms. The van der Waals surface area contributed by atoms with Gasteiger partial charge in [-0.3, -0.25) is 4.79 Å². The van der Waals surface area contributed by atoms with Crippen molar-refractivity contribution in [1.29, 1.82) is 0 Å². The summed E-state index contributed by atoms with van der Waals surface area (Å²) >= 11 is 3.39. The zero-order valence-corrected chi connectivity index (χ0v) is 17.9. The van der Waals surface area contributed by atoms with Crippen molar-refractivity contribution >= 4 is 33.0 Å². The largest absolute Gasteiger partial charge is 0.490 e. The van der Waals surface area contributed by atoms with Crippen molar-refractivity contribution in [2.24, 2.45) is 5.10 Å². The number of rotatable bonds is 6. The normalized spacial score (nSPS) is 11.5. The van der Waals surface area contributed by atoms with Gasteiger partial charge in [-0.05, 0) is 69.7 Å². The molecule has 0 radical (unpaired) electrons. The lowest BCUT2D eigenvalue weighted by molar-refractivity contribution is 0.224. The van der Waals surface area contributed by atoms with Gasteiger partial charge in [-0.15, -0.1) is 0 Å². The number of aromatic nitrogens is 2. The van der Waals surface area contributed by atoms with Crippen molar-refractivity contribution in [2.75, 3.05) is 6.61 Å². The lowest BCUT2D eigenvalue weighted by Gasteiger charge is -2.14. The molecule has 0 amide bonds. The van der Waals surface area contributed by atoms with Gasteiger partial charge in [0, 0.05) is 4.47 Å². The third-order valence-corrected chi connectivity index (χ3v) is 4.42. The third-order valence-electron chi connectivity index (χ3n) is 3.92. The number of ether oxygens (including phenoxy) is 2. The summed E-state index contributed by atoms with van der Waals surface area (Å²) in [5, 5.41) is 4.86. The van der Waals surface area contributed by atoms with E-state index in [1.54, 1.807) is 19.2 Å². The second kappa shape index (κ2) is 8.56. The SMILES string of the molecule is CCOc1cc(C=Nn2c(C)nc3ccc(Br)cc3c2=O)ccc1OC(C)C. The van der Waals surface area contributed by atoms with Crippen LogP contribution in [-0.2, 0) is 0 Å². The molecule has 1 heterocycles. The number of hydrogen-bond acceptors (Lipinski definition) is 5. The molecule has 0 spiro atoms. The summed E-state index contributed by atoms with van der Waals surface area (Å²) in [7, 11) is 0. The molecule has 0 bridgehead atoms. The van der Waals surface area contributed by atoms with Crippen LogP contribution in [-0.4, -0.2) is 28.6 Å². The van der Waals surface area contributed by atoms with E-state index < -0.39 is 0 Å². The van der Waals surface area contributed by atoms with Crippen LogP contribution >= 0.6 is 15.9 Å². The van der Waals surface area contributed by atoms with Crippen molar-refractivity contribution in [1.82, 2.24) is 9.66 Å². The average Bonchev–Trinajstić information content (AvgIpc) is 2.64. The highest BCUT2D eigenvalue weighted by atomic mass is 79.9. The van der Waals surface area contributed by atoms with E-state index in [2.05, 4.69) is 26.0 Å². The van der Waals surface area contributed by atoms with Crippen LogP contribution in [0.3, 0.4) is 0 Å². The minimum Gasteiger partial charge on any atom is -0.490 e. The molecule has 146 valence electrons. The molecule has 0 saturated heterocycles. The Labute approximate surface area is 171 Å². The van der Waals surface area contributed by atoms with E-state index in [0.717, 1.165) is 10.0 Å². The second-order valence-electron chi connectivity index (χ2n) is 6.49. The fourth-order valence-electron chi connectivity index (χ4n) is 2.74. The number of nitrogens with zero attached hydrogens (tertiary/aromatic N) is 3. The Balaban J connectivity index is 1.99. The molecule has 0 atom stereocenters. The zero-order valence-electron chi connectivity index (χ0n) is 16.3. The second-order valence-corrected chi connectivity index (χ2v) is 7.40. The maximum atomic E-state index is 12.8. The van der Waals surface area contributed by atoms with Crippen LogP contribution in [0.15, 0.2) is 50.8 Å². The number of hydrogen-bond donors (Lipinski definition) is 0. The fourth-order valence-corrected chi connectivity index (χ4v) is 3.11. The van der Waals surface area contributed by atoms with Crippen molar-refractivity contribution < 1.29 is 9.47 Å². The molecule has 3 aromatic rings. The molecule has 6 nitrogen and oxygen atoms in total. The molecule has 28 heavy (non-hydrogen) atoms. The number of halogens is 1. The molecule has 0 fully saturated rings. The van der Waals surface area contributed by atoms with Gasteiger partial charge in [-0.25, -0.2) is 4.98 Å². The predicted octanol–water partition coefficient (Wildman–Crippen LogP) is 4.54. The summed E-state index contributed by atoms with van der Waals surface area (Å²) in [4.78, 5) is 17.3. The minimum atomic E-state index is -0.218. The molecule has 0 unspecified atom stereocenters. The Hall–Kier alpha value is -2.67. The Morgan fingerprint density at radius 1 is 1.21 bits per heavy atom. The highest BCUT2D eigenvalue weighted by molar-refractivity contribution is 9.10. The molecular weight excluding hydrogens is 422 g/mol. The lowest BCUT2D eigenvalue weighted by Crippen LogP contribution is -2.20. The van der Waals surface area contributed by atoms with Gasteiger partial charge in [-0.1, -0.05) is 15.9 Å². The summed E-state index contributed by atoms with van der Waals surface area (Å²) < 4.78 is 13.6. The summed E-state index contributed by atoms with van der Waals surface area (Å²) in [6.45, 7) is 8.13. The first kappa shape index (κ1) is 20.1. The van der Waals surface area contributed by atoms with E-state index >= 15 is 0 Å². The molecule has 0 N–H and O–H groups in total. The Morgan fingerprint density at radius 2 is 2.00 bits per heavy atom. The van der Waals surface area contributed by atoms with Gasteiger partial charge in [0.05, 0.1) is 29.8 Å². The smallest absolute Gasteiger partial charge is 0.282 e. The molecule has 0 aliphatic heterocycles. The maximum Gasteiger partial charge on any atom is 0.282 e. The standard InChI is InChI=1S/C21H22BrN3O3/c1-5-27-20-10-15(6-9-19(20)28-13(2)3)12-23-25-14(4)24-18-8-7-16(22)11-17(18)21(25)26/h6-13H,5H2,1-4H3. The first-order chi connectivity index (χ1) is 13.4. The van der Waals surface area contributed by atoms with Gasteiger partial charge < -0.3 is 9.47 Å². The van der Waals surface area contributed by atoms with E-state index in [-0.39, 0.29) is 11.7 Å². The van der Waals surface area contributed by atoms with Crippen molar-refractivity contribution in [3.05, 3.63) is 62.6 Å². The lowest BCUT2D eigenvalue weighted by atomic mass is 10.2. The molecule has 0 aliphatic rings. The fraction of sp³-hybridized carbons (Fsp3) is 0.286. The Kier molecular flexibility index (Phi) is 6.14. The monoisotopic (exact) mass is 443 g/mol. The van der Waals surface area contributed by atoms with Gasteiger partial charge in [0.1, 0.15) is 5.82 Å². The topological polar surface area (TPSA) is 65.7 Å². The quantitative estimate of drug-likeness (QED) is 0.524. The van der Waals surface area contributed by atoms with E-state index in [1.807, 2.05) is 51.1 Å². The number of aryl methyl sites for hydroxylation is 1. The summed E-state index contributed by atoms with van der Waals surface area (Å²) in [6.07, 6.45) is 1.66. The van der Waals surface area contributed by atoms with Crippen LogP contribution < -0.4 is 15.0 Å². The molecular formula is C21H22BrN3O3. The van der Waals surface area contributed by atoms with Crippen LogP contribution in [0.5, 0.6) is 11.5 Å².